The number of benzene rings is 1. The lowest BCUT2D eigenvalue weighted by Gasteiger charge is -2.30. The van der Waals surface area contributed by atoms with Crippen LogP contribution in [0.3, 0.4) is 0 Å². The van der Waals surface area contributed by atoms with Gasteiger partial charge in [-0.2, -0.15) is 0 Å². The first-order valence-electron chi connectivity index (χ1n) is 6.41. The molecule has 2 atom stereocenters. The monoisotopic (exact) mass is 235 g/mol. The molecule has 1 aliphatic carbocycles. The zero-order valence-corrected chi connectivity index (χ0v) is 10.0. The first-order valence-corrected chi connectivity index (χ1v) is 6.41. The summed E-state index contributed by atoms with van der Waals surface area (Å²) >= 11 is 0. The highest BCUT2D eigenvalue weighted by molar-refractivity contribution is 5.28. The maximum absolute atomic E-state index is 10.3. The SMILES string of the molecule is N[C@@H](c1ccc(O)cc1)[C@H](O)C1CCCCC1. The van der Waals surface area contributed by atoms with Crippen molar-refractivity contribution in [3.63, 3.8) is 0 Å². The minimum Gasteiger partial charge on any atom is -0.508 e. The minimum atomic E-state index is -0.472. The first kappa shape index (κ1) is 12.4. The fourth-order valence-corrected chi connectivity index (χ4v) is 2.66. The molecule has 0 radical (unpaired) electrons. The molecule has 3 heteroatoms. The van der Waals surface area contributed by atoms with Crippen LogP contribution in [0.4, 0.5) is 0 Å². The van der Waals surface area contributed by atoms with Gasteiger partial charge in [-0.1, -0.05) is 31.4 Å². The number of nitrogens with two attached hydrogens (primary N) is 1. The first-order chi connectivity index (χ1) is 8.18. The molecule has 1 aromatic carbocycles. The van der Waals surface area contributed by atoms with Crippen molar-refractivity contribution in [3.05, 3.63) is 29.8 Å². The van der Waals surface area contributed by atoms with E-state index in [0.717, 1.165) is 18.4 Å². The van der Waals surface area contributed by atoms with Crippen LogP contribution in [-0.2, 0) is 0 Å². The molecule has 1 saturated carbocycles. The number of aliphatic hydroxyl groups is 1. The van der Waals surface area contributed by atoms with Crippen LogP contribution in [0.2, 0.25) is 0 Å². The molecule has 0 aromatic heterocycles. The van der Waals surface area contributed by atoms with Crippen LogP contribution in [0.15, 0.2) is 24.3 Å². The van der Waals surface area contributed by atoms with Crippen LogP contribution in [0.1, 0.15) is 43.7 Å². The summed E-state index contributed by atoms with van der Waals surface area (Å²) in [5.74, 6) is 0.556. The van der Waals surface area contributed by atoms with Crippen molar-refractivity contribution in [1.29, 1.82) is 0 Å². The van der Waals surface area contributed by atoms with Gasteiger partial charge in [-0.3, -0.25) is 0 Å². The summed E-state index contributed by atoms with van der Waals surface area (Å²) in [5.41, 5.74) is 6.98. The van der Waals surface area contributed by atoms with Gasteiger partial charge < -0.3 is 15.9 Å². The van der Waals surface area contributed by atoms with E-state index in [0.29, 0.717) is 5.92 Å². The molecule has 0 heterocycles. The summed E-state index contributed by atoms with van der Waals surface area (Å²) in [6.45, 7) is 0. The van der Waals surface area contributed by atoms with Gasteiger partial charge in [-0.05, 0) is 36.5 Å². The van der Waals surface area contributed by atoms with E-state index in [-0.39, 0.29) is 11.8 Å². The number of phenolic OH excluding ortho intramolecular Hbond substituents is 1. The highest BCUT2D eigenvalue weighted by Gasteiger charge is 2.27. The summed E-state index contributed by atoms with van der Waals surface area (Å²) < 4.78 is 0. The van der Waals surface area contributed by atoms with Gasteiger partial charge in [0, 0.05) is 0 Å². The predicted octanol–water partition coefficient (Wildman–Crippen LogP) is 2.33. The number of hydrogen-bond donors (Lipinski definition) is 3. The largest absolute Gasteiger partial charge is 0.508 e. The van der Waals surface area contributed by atoms with Crippen LogP contribution < -0.4 is 5.73 Å². The second kappa shape index (κ2) is 5.52. The van der Waals surface area contributed by atoms with E-state index in [1.807, 2.05) is 0 Å². The number of phenols is 1. The molecule has 94 valence electrons. The Labute approximate surface area is 102 Å². The van der Waals surface area contributed by atoms with Crippen molar-refractivity contribution in [1.82, 2.24) is 0 Å². The molecule has 0 saturated heterocycles. The maximum Gasteiger partial charge on any atom is 0.115 e. The summed E-state index contributed by atoms with van der Waals surface area (Å²) in [4.78, 5) is 0. The Hall–Kier alpha value is -1.06. The standard InChI is InChI=1S/C14H21NO2/c15-13(10-6-8-12(16)9-7-10)14(17)11-4-2-1-3-5-11/h6-9,11,13-14,16-17H,1-5,15H2/t13-,14+/m0/s1. The predicted molar refractivity (Wildman–Crippen MR) is 67.6 cm³/mol. The van der Waals surface area contributed by atoms with Gasteiger partial charge in [0.15, 0.2) is 0 Å². The summed E-state index contributed by atoms with van der Waals surface area (Å²) in [5, 5.41) is 19.5. The Kier molecular flexibility index (Phi) is 4.02. The minimum absolute atomic E-state index is 0.230. The van der Waals surface area contributed by atoms with E-state index >= 15 is 0 Å². The van der Waals surface area contributed by atoms with Crippen LogP contribution >= 0.6 is 0 Å². The Morgan fingerprint density at radius 2 is 1.65 bits per heavy atom. The third-order valence-corrected chi connectivity index (χ3v) is 3.78. The molecule has 1 aliphatic rings. The normalized spacial score (nSPS) is 21.1. The highest BCUT2D eigenvalue weighted by Crippen LogP contribution is 2.31. The molecule has 0 bridgehead atoms. The van der Waals surface area contributed by atoms with E-state index in [2.05, 4.69) is 0 Å². The average Bonchev–Trinajstić information content (AvgIpc) is 2.39. The van der Waals surface area contributed by atoms with Gasteiger partial charge in [-0.25, -0.2) is 0 Å². The highest BCUT2D eigenvalue weighted by atomic mass is 16.3. The third kappa shape index (κ3) is 2.99. The van der Waals surface area contributed by atoms with Crippen molar-refractivity contribution < 1.29 is 10.2 Å². The molecular formula is C14H21NO2. The Morgan fingerprint density at radius 3 is 2.24 bits per heavy atom. The zero-order valence-electron chi connectivity index (χ0n) is 10.0. The fourth-order valence-electron chi connectivity index (χ4n) is 2.66. The van der Waals surface area contributed by atoms with E-state index in [1.165, 1.54) is 19.3 Å². The molecule has 17 heavy (non-hydrogen) atoms. The van der Waals surface area contributed by atoms with E-state index in [1.54, 1.807) is 24.3 Å². The number of rotatable bonds is 3. The van der Waals surface area contributed by atoms with Gasteiger partial charge in [0.1, 0.15) is 5.75 Å². The van der Waals surface area contributed by atoms with Crippen LogP contribution in [0, 0.1) is 5.92 Å². The average molecular weight is 235 g/mol. The smallest absolute Gasteiger partial charge is 0.115 e. The molecule has 1 aromatic rings. The maximum atomic E-state index is 10.3. The van der Waals surface area contributed by atoms with E-state index in [4.69, 9.17) is 5.73 Å². The number of aliphatic hydroxyl groups excluding tert-OH is 1. The molecule has 3 nitrogen and oxygen atoms in total. The van der Waals surface area contributed by atoms with Crippen molar-refractivity contribution in [2.75, 3.05) is 0 Å². The van der Waals surface area contributed by atoms with Crippen LogP contribution in [0.5, 0.6) is 5.75 Å². The molecule has 0 aliphatic heterocycles. The number of aromatic hydroxyl groups is 1. The molecule has 1 fully saturated rings. The van der Waals surface area contributed by atoms with Gasteiger partial charge in [0.25, 0.3) is 0 Å². The van der Waals surface area contributed by atoms with Gasteiger partial charge >= 0.3 is 0 Å². The van der Waals surface area contributed by atoms with E-state index < -0.39 is 6.10 Å². The van der Waals surface area contributed by atoms with Crippen LogP contribution in [-0.4, -0.2) is 16.3 Å². The second-order valence-corrected chi connectivity index (χ2v) is 5.01. The molecule has 0 unspecified atom stereocenters. The Morgan fingerprint density at radius 1 is 1.06 bits per heavy atom. The summed E-state index contributed by atoms with van der Waals surface area (Å²) in [6.07, 6.45) is 5.35. The van der Waals surface area contributed by atoms with Crippen molar-refractivity contribution >= 4 is 0 Å². The third-order valence-electron chi connectivity index (χ3n) is 3.78. The lowest BCUT2D eigenvalue weighted by molar-refractivity contribution is 0.0618. The van der Waals surface area contributed by atoms with Crippen molar-refractivity contribution in [3.8, 4) is 5.75 Å². The Bertz CT molecular complexity index is 344. The van der Waals surface area contributed by atoms with Gasteiger partial charge in [0.2, 0.25) is 0 Å². The van der Waals surface area contributed by atoms with Crippen molar-refractivity contribution in [2.45, 2.75) is 44.2 Å². The quantitative estimate of drug-likeness (QED) is 0.753. The molecule has 4 N–H and O–H groups in total. The Balaban J connectivity index is 2.02. The topological polar surface area (TPSA) is 66.5 Å². The van der Waals surface area contributed by atoms with Gasteiger partial charge in [-0.15, -0.1) is 0 Å². The van der Waals surface area contributed by atoms with E-state index in [9.17, 15) is 10.2 Å². The van der Waals surface area contributed by atoms with Gasteiger partial charge in [0.05, 0.1) is 12.1 Å². The lowest BCUT2D eigenvalue weighted by atomic mass is 9.81. The molecule has 2 rings (SSSR count). The molecular weight excluding hydrogens is 214 g/mol. The summed E-state index contributed by atoms with van der Waals surface area (Å²) in [6, 6.07) is 6.45. The van der Waals surface area contributed by atoms with Crippen molar-refractivity contribution in [2.24, 2.45) is 11.7 Å². The summed E-state index contributed by atoms with van der Waals surface area (Å²) in [7, 11) is 0. The fraction of sp³-hybridized carbons (Fsp3) is 0.571. The second-order valence-electron chi connectivity index (χ2n) is 5.01. The number of hydrogen-bond acceptors (Lipinski definition) is 3. The molecule has 0 spiro atoms. The van der Waals surface area contributed by atoms with Crippen LogP contribution in [0.25, 0.3) is 0 Å². The zero-order chi connectivity index (χ0) is 12.3. The molecule has 0 amide bonds. The lowest BCUT2D eigenvalue weighted by Crippen LogP contribution is -2.34.